The second kappa shape index (κ2) is 7.64. The number of aromatic carboxylic acids is 1. The zero-order valence-corrected chi connectivity index (χ0v) is 12.6. The lowest BCUT2D eigenvalue weighted by Gasteiger charge is -2.25. The predicted octanol–water partition coefficient (Wildman–Crippen LogP) is 1.65. The molecule has 0 atom stereocenters. The minimum atomic E-state index is -0.955. The van der Waals surface area contributed by atoms with E-state index in [2.05, 4.69) is 10.6 Å². The lowest BCUT2D eigenvalue weighted by atomic mass is 10.1. The third-order valence-electron chi connectivity index (χ3n) is 2.83. The van der Waals surface area contributed by atoms with Crippen molar-refractivity contribution in [1.29, 1.82) is 0 Å². The van der Waals surface area contributed by atoms with E-state index in [4.69, 9.17) is 9.84 Å². The van der Waals surface area contributed by atoms with Crippen molar-refractivity contribution in [2.75, 3.05) is 20.3 Å². The van der Waals surface area contributed by atoms with Crippen LogP contribution in [0.25, 0.3) is 0 Å². The van der Waals surface area contributed by atoms with Gasteiger partial charge in [0.2, 0.25) is 0 Å². The minimum absolute atomic E-state index is 0.248. The Labute approximate surface area is 124 Å². The number of amides is 2. The van der Waals surface area contributed by atoms with Crippen LogP contribution in [-0.2, 0) is 11.2 Å². The van der Waals surface area contributed by atoms with E-state index in [1.807, 2.05) is 19.9 Å². The first-order valence-corrected chi connectivity index (χ1v) is 6.71. The van der Waals surface area contributed by atoms with Crippen molar-refractivity contribution in [2.24, 2.45) is 0 Å². The fourth-order valence-corrected chi connectivity index (χ4v) is 1.93. The Bertz CT molecular complexity index is 500. The van der Waals surface area contributed by atoms with Crippen molar-refractivity contribution in [3.8, 4) is 0 Å². The Balaban J connectivity index is 2.41. The van der Waals surface area contributed by atoms with E-state index in [1.54, 1.807) is 25.3 Å². The van der Waals surface area contributed by atoms with Crippen molar-refractivity contribution in [2.45, 2.75) is 25.8 Å². The van der Waals surface area contributed by atoms with Crippen LogP contribution in [0.2, 0.25) is 0 Å². The number of nitrogens with one attached hydrogen (secondary N) is 2. The summed E-state index contributed by atoms with van der Waals surface area (Å²) in [6, 6.07) is 6.41. The Morgan fingerprint density at radius 1 is 1.33 bits per heavy atom. The van der Waals surface area contributed by atoms with Crippen molar-refractivity contribution in [1.82, 2.24) is 10.6 Å². The number of ether oxygens (including phenoxy) is 1. The number of hydrogen-bond acceptors (Lipinski definition) is 3. The molecule has 1 aromatic rings. The number of carboxylic acid groups (broad SMARTS) is 1. The van der Waals surface area contributed by atoms with Gasteiger partial charge in [0.05, 0.1) is 17.7 Å². The standard InChI is InChI=1S/C15H22N2O4/c1-15(2,10-21-3)17-14(20)16-8-7-11-5-4-6-12(9-11)13(18)19/h4-6,9H,7-8,10H2,1-3H3,(H,18,19)(H2,16,17,20). The molecule has 6 heteroatoms. The third kappa shape index (κ3) is 6.27. The first kappa shape index (κ1) is 17.0. The molecule has 0 radical (unpaired) electrons. The van der Waals surface area contributed by atoms with E-state index in [0.29, 0.717) is 19.6 Å². The molecule has 0 aliphatic carbocycles. The number of methoxy groups -OCH3 is 1. The summed E-state index contributed by atoms with van der Waals surface area (Å²) in [6.45, 7) is 4.58. The van der Waals surface area contributed by atoms with Gasteiger partial charge in [-0.3, -0.25) is 0 Å². The highest BCUT2D eigenvalue weighted by Crippen LogP contribution is 2.06. The molecule has 2 amide bonds. The maximum Gasteiger partial charge on any atom is 0.335 e. The topological polar surface area (TPSA) is 87.7 Å². The fraction of sp³-hybridized carbons (Fsp3) is 0.467. The van der Waals surface area contributed by atoms with Crippen molar-refractivity contribution >= 4 is 12.0 Å². The Morgan fingerprint density at radius 3 is 2.67 bits per heavy atom. The fourth-order valence-electron chi connectivity index (χ4n) is 1.93. The number of hydrogen-bond donors (Lipinski definition) is 3. The van der Waals surface area contributed by atoms with Crippen LogP contribution < -0.4 is 10.6 Å². The van der Waals surface area contributed by atoms with Crippen molar-refractivity contribution < 1.29 is 19.4 Å². The highest BCUT2D eigenvalue weighted by Gasteiger charge is 2.19. The van der Waals surface area contributed by atoms with Gasteiger partial charge in [-0.2, -0.15) is 0 Å². The van der Waals surface area contributed by atoms with Crippen LogP contribution in [0, 0.1) is 0 Å². The van der Waals surface area contributed by atoms with Gasteiger partial charge in [0.15, 0.2) is 0 Å². The van der Waals surface area contributed by atoms with E-state index < -0.39 is 11.5 Å². The van der Waals surface area contributed by atoms with Gasteiger partial charge in [-0.25, -0.2) is 9.59 Å². The summed E-state index contributed by atoms with van der Waals surface area (Å²) < 4.78 is 5.02. The Hall–Kier alpha value is -2.08. The lowest BCUT2D eigenvalue weighted by Crippen LogP contribution is -2.51. The molecule has 0 saturated heterocycles. The number of carbonyl (C=O) groups is 2. The molecule has 0 spiro atoms. The number of urea groups is 1. The predicted molar refractivity (Wildman–Crippen MR) is 79.6 cm³/mol. The van der Waals surface area contributed by atoms with E-state index in [9.17, 15) is 9.59 Å². The molecular weight excluding hydrogens is 272 g/mol. The molecule has 116 valence electrons. The molecule has 3 N–H and O–H groups in total. The molecule has 21 heavy (non-hydrogen) atoms. The van der Waals surface area contributed by atoms with Crippen LogP contribution in [0.4, 0.5) is 4.79 Å². The van der Waals surface area contributed by atoms with Gasteiger partial charge in [-0.1, -0.05) is 12.1 Å². The van der Waals surface area contributed by atoms with E-state index in [0.717, 1.165) is 5.56 Å². The van der Waals surface area contributed by atoms with Crippen LogP contribution in [0.15, 0.2) is 24.3 Å². The van der Waals surface area contributed by atoms with Crippen LogP contribution in [0.5, 0.6) is 0 Å². The van der Waals surface area contributed by atoms with Crippen LogP contribution in [0.3, 0.4) is 0 Å². The van der Waals surface area contributed by atoms with Crippen LogP contribution in [0.1, 0.15) is 29.8 Å². The number of rotatable bonds is 7. The monoisotopic (exact) mass is 294 g/mol. The highest BCUT2D eigenvalue weighted by atomic mass is 16.5. The summed E-state index contributed by atoms with van der Waals surface area (Å²) >= 11 is 0. The smallest absolute Gasteiger partial charge is 0.335 e. The Morgan fingerprint density at radius 2 is 2.05 bits per heavy atom. The summed E-state index contributed by atoms with van der Waals surface area (Å²) in [4.78, 5) is 22.6. The largest absolute Gasteiger partial charge is 0.478 e. The lowest BCUT2D eigenvalue weighted by molar-refractivity contribution is 0.0696. The number of benzene rings is 1. The number of carboxylic acids is 1. The molecule has 0 bridgehead atoms. The second-order valence-electron chi connectivity index (χ2n) is 5.45. The molecule has 0 aromatic heterocycles. The van der Waals surface area contributed by atoms with Gasteiger partial charge in [0, 0.05) is 13.7 Å². The van der Waals surface area contributed by atoms with Gasteiger partial charge in [-0.15, -0.1) is 0 Å². The SMILES string of the molecule is COCC(C)(C)NC(=O)NCCc1cccc(C(=O)O)c1. The zero-order valence-electron chi connectivity index (χ0n) is 12.6. The van der Waals surface area contributed by atoms with E-state index in [-0.39, 0.29) is 11.6 Å². The van der Waals surface area contributed by atoms with Gasteiger partial charge in [0.25, 0.3) is 0 Å². The van der Waals surface area contributed by atoms with Gasteiger partial charge in [-0.05, 0) is 38.0 Å². The zero-order chi connectivity index (χ0) is 15.9. The van der Waals surface area contributed by atoms with Crippen LogP contribution in [-0.4, -0.2) is 42.9 Å². The van der Waals surface area contributed by atoms with Crippen molar-refractivity contribution in [3.05, 3.63) is 35.4 Å². The maximum atomic E-state index is 11.7. The average molecular weight is 294 g/mol. The molecule has 0 saturated carbocycles. The van der Waals surface area contributed by atoms with E-state index >= 15 is 0 Å². The molecule has 0 heterocycles. The Kier molecular flexibility index (Phi) is 6.17. The molecule has 0 unspecified atom stereocenters. The van der Waals surface area contributed by atoms with Gasteiger partial charge >= 0.3 is 12.0 Å². The summed E-state index contributed by atoms with van der Waals surface area (Å²) in [5, 5.41) is 14.5. The molecule has 1 rings (SSSR count). The molecular formula is C15H22N2O4. The van der Waals surface area contributed by atoms with Gasteiger partial charge in [0.1, 0.15) is 0 Å². The highest BCUT2D eigenvalue weighted by molar-refractivity contribution is 5.87. The quantitative estimate of drug-likeness (QED) is 0.713. The average Bonchev–Trinajstić information content (AvgIpc) is 2.38. The van der Waals surface area contributed by atoms with Gasteiger partial charge < -0.3 is 20.5 Å². The first-order valence-electron chi connectivity index (χ1n) is 6.71. The molecule has 0 aliphatic heterocycles. The summed E-state index contributed by atoms with van der Waals surface area (Å²) in [6.07, 6.45) is 0.569. The number of carbonyl (C=O) groups excluding carboxylic acids is 1. The van der Waals surface area contributed by atoms with Crippen molar-refractivity contribution in [3.63, 3.8) is 0 Å². The van der Waals surface area contributed by atoms with Crippen LogP contribution >= 0.6 is 0 Å². The third-order valence-corrected chi connectivity index (χ3v) is 2.83. The maximum absolute atomic E-state index is 11.7. The summed E-state index contributed by atoms with van der Waals surface area (Å²) in [7, 11) is 1.58. The summed E-state index contributed by atoms with van der Waals surface area (Å²) in [5.74, 6) is -0.955. The normalized spacial score (nSPS) is 11.0. The molecule has 6 nitrogen and oxygen atoms in total. The second-order valence-corrected chi connectivity index (χ2v) is 5.45. The molecule has 1 aromatic carbocycles. The van der Waals surface area contributed by atoms with E-state index in [1.165, 1.54) is 0 Å². The first-order chi connectivity index (χ1) is 9.84. The summed E-state index contributed by atoms with van der Waals surface area (Å²) in [5.41, 5.74) is 0.673. The molecule has 0 fully saturated rings. The molecule has 0 aliphatic rings. The minimum Gasteiger partial charge on any atom is -0.478 e.